The van der Waals surface area contributed by atoms with Crippen molar-refractivity contribution in [2.75, 3.05) is 11.9 Å². The Labute approximate surface area is 149 Å². The van der Waals surface area contributed by atoms with Crippen molar-refractivity contribution >= 4 is 21.6 Å². The number of carbonyl (C=O) groups excluding carboxylic acids is 1. The molecule has 0 spiro atoms. The van der Waals surface area contributed by atoms with Gasteiger partial charge in [0.1, 0.15) is 0 Å². The summed E-state index contributed by atoms with van der Waals surface area (Å²) in [6, 6.07) is 16.0. The summed E-state index contributed by atoms with van der Waals surface area (Å²) in [5.41, 5.74) is 1.70. The predicted molar refractivity (Wildman–Crippen MR) is 99.9 cm³/mol. The van der Waals surface area contributed by atoms with Crippen LogP contribution in [0.5, 0.6) is 0 Å². The fourth-order valence-electron chi connectivity index (χ4n) is 2.31. The maximum atomic E-state index is 12.1. The van der Waals surface area contributed by atoms with Crippen LogP contribution in [0.2, 0.25) is 0 Å². The second kappa shape index (κ2) is 9.34. The molecule has 0 atom stereocenters. The minimum Gasteiger partial charge on any atom is -0.326 e. The van der Waals surface area contributed by atoms with E-state index >= 15 is 0 Å². The number of benzene rings is 2. The zero-order valence-corrected chi connectivity index (χ0v) is 15.2. The minimum atomic E-state index is -3.49. The molecule has 0 aliphatic heterocycles. The third kappa shape index (κ3) is 6.32. The van der Waals surface area contributed by atoms with Gasteiger partial charge in [-0.25, -0.2) is 13.1 Å². The van der Waals surface area contributed by atoms with Crippen LogP contribution in [0.15, 0.2) is 59.5 Å². The lowest BCUT2D eigenvalue weighted by Gasteiger charge is -2.08. The lowest BCUT2D eigenvalue weighted by atomic mass is 10.1. The highest BCUT2D eigenvalue weighted by Gasteiger charge is 2.13. The lowest BCUT2D eigenvalue weighted by Crippen LogP contribution is -2.24. The van der Waals surface area contributed by atoms with E-state index in [2.05, 4.69) is 10.0 Å². The summed E-state index contributed by atoms with van der Waals surface area (Å²) in [7, 11) is -3.49. The molecule has 5 nitrogen and oxygen atoms in total. The predicted octanol–water partition coefficient (Wildman–Crippen LogP) is 3.34. The van der Waals surface area contributed by atoms with Crippen molar-refractivity contribution in [1.82, 2.24) is 4.72 Å². The van der Waals surface area contributed by atoms with Crippen LogP contribution < -0.4 is 10.0 Å². The molecule has 0 aliphatic carbocycles. The summed E-state index contributed by atoms with van der Waals surface area (Å²) >= 11 is 0. The molecule has 0 aromatic heterocycles. The van der Waals surface area contributed by atoms with Crippen LogP contribution in [0.25, 0.3) is 0 Å². The molecule has 2 rings (SSSR count). The molecule has 2 aromatic carbocycles. The van der Waals surface area contributed by atoms with Crippen LogP contribution in [-0.4, -0.2) is 20.9 Å². The molecule has 2 N–H and O–H groups in total. The summed E-state index contributed by atoms with van der Waals surface area (Å²) < 4.78 is 26.8. The molecule has 0 unspecified atom stereocenters. The molecule has 0 heterocycles. The van der Waals surface area contributed by atoms with E-state index in [-0.39, 0.29) is 10.8 Å². The SMILES string of the molecule is CCCCNS(=O)(=O)c1ccc(NC(=O)CCc2ccccc2)cc1. The van der Waals surface area contributed by atoms with Gasteiger partial charge in [0.05, 0.1) is 4.90 Å². The van der Waals surface area contributed by atoms with Gasteiger partial charge in [-0.2, -0.15) is 0 Å². The van der Waals surface area contributed by atoms with Crippen molar-refractivity contribution < 1.29 is 13.2 Å². The van der Waals surface area contributed by atoms with E-state index in [1.54, 1.807) is 12.1 Å². The monoisotopic (exact) mass is 360 g/mol. The number of nitrogens with one attached hydrogen (secondary N) is 2. The standard InChI is InChI=1S/C19H24N2O3S/c1-2-3-15-20-25(23,24)18-12-10-17(11-13-18)21-19(22)14-9-16-7-5-4-6-8-16/h4-8,10-13,20H,2-3,9,14-15H2,1H3,(H,21,22). The quantitative estimate of drug-likeness (QED) is 0.674. The number of hydrogen-bond acceptors (Lipinski definition) is 3. The molecule has 0 bridgehead atoms. The highest BCUT2D eigenvalue weighted by molar-refractivity contribution is 7.89. The van der Waals surface area contributed by atoms with Crippen molar-refractivity contribution in [3.8, 4) is 0 Å². The van der Waals surface area contributed by atoms with E-state index in [4.69, 9.17) is 0 Å². The number of carbonyl (C=O) groups is 1. The molecule has 0 radical (unpaired) electrons. The maximum absolute atomic E-state index is 12.1. The largest absolute Gasteiger partial charge is 0.326 e. The Morgan fingerprint density at radius 3 is 2.32 bits per heavy atom. The number of aryl methyl sites for hydroxylation is 1. The molecule has 6 heteroatoms. The minimum absolute atomic E-state index is 0.0967. The van der Waals surface area contributed by atoms with Crippen molar-refractivity contribution in [3.63, 3.8) is 0 Å². The maximum Gasteiger partial charge on any atom is 0.240 e. The number of hydrogen-bond donors (Lipinski definition) is 2. The van der Waals surface area contributed by atoms with E-state index in [1.165, 1.54) is 12.1 Å². The second-order valence-corrected chi connectivity index (χ2v) is 7.58. The molecule has 25 heavy (non-hydrogen) atoms. The van der Waals surface area contributed by atoms with E-state index < -0.39 is 10.0 Å². The van der Waals surface area contributed by atoms with E-state index in [0.717, 1.165) is 18.4 Å². The summed E-state index contributed by atoms with van der Waals surface area (Å²) in [6.45, 7) is 2.43. The summed E-state index contributed by atoms with van der Waals surface area (Å²) in [5, 5.41) is 2.79. The van der Waals surface area contributed by atoms with Gasteiger partial charge in [-0.1, -0.05) is 43.7 Å². The number of unbranched alkanes of at least 4 members (excludes halogenated alkanes) is 1. The first-order valence-electron chi connectivity index (χ1n) is 8.45. The molecule has 0 aliphatic rings. The third-order valence-corrected chi connectivity index (χ3v) is 5.23. The average molecular weight is 360 g/mol. The van der Waals surface area contributed by atoms with Gasteiger partial charge in [0.2, 0.25) is 15.9 Å². The lowest BCUT2D eigenvalue weighted by molar-refractivity contribution is -0.116. The third-order valence-electron chi connectivity index (χ3n) is 3.75. The van der Waals surface area contributed by atoms with Gasteiger partial charge in [0.25, 0.3) is 0 Å². The fourth-order valence-corrected chi connectivity index (χ4v) is 3.38. The molecule has 1 amide bonds. The van der Waals surface area contributed by atoms with Crippen molar-refractivity contribution in [2.24, 2.45) is 0 Å². The van der Waals surface area contributed by atoms with Crippen molar-refractivity contribution in [3.05, 3.63) is 60.2 Å². The number of sulfonamides is 1. The fraction of sp³-hybridized carbons (Fsp3) is 0.316. The first kappa shape index (κ1) is 19.1. The zero-order chi connectivity index (χ0) is 18.1. The van der Waals surface area contributed by atoms with Crippen molar-refractivity contribution in [2.45, 2.75) is 37.5 Å². The van der Waals surface area contributed by atoms with Crippen LogP contribution in [0, 0.1) is 0 Å². The van der Waals surface area contributed by atoms with Crippen LogP contribution >= 0.6 is 0 Å². The molecule has 0 fully saturated rings. The van der Waals surface area contributed by atoms with Gasteiger partial charge in [-0.3, -0.25) is 4.79 Å². The smallest absolute Gasteiger partial charge is 0.240 e. The first-order chi connectivity index (χ1) is 12.0. The topological polar surface area (TPSA) is 75.3 Å². The Bertz CT molecular complexity index is 772. The van der Waals surface area contributed by atoms with Crippen molar-refractivity contribution in [1.29, 1.82) is 0 Å². The summed E-state index contributed by atoms with van der Waals surface area (Å²) in [5.74, 6) is -0.0967. The number of amides is 1. The molecule has 2 aromatic rings. The Hall–Kier alpha value is -2.18. The number of anilines is 1. The first-order valence-corrected chi connectivity index (χ1v) is 9.93. The molecule has 0 saturated carbocycles. The molecular weight excluding hydrogens is 336 g/mol. The highest BCUT2D eigenvalue weighted by Crippen LogP contribution is 2.14. The molecule has 0 saturated heterocycles. The normalized spacial score (nSPS) is 11.2. The van der Waals surface area contributed by atoms with E-state index in [0.29, 0.717) is 25.1 Å². The van der Waals surface area contributed by atoms with E-state index in [1.807, 2.05) is 37.3 Å². The van der Waals surface area contributed by atoms with Gasteiger partial charge in [-0.15, -0.1) is 0 Å². The van der Waals surface area contributed by atoms with E-state index in [9.17, 15) is 13.2 Å². The molecular formula is C19H24N2O3S. The highest BCUT2D eigenvalue weighted by atomic mass is 32.2. The number of rotatable bonds is 9. The van der Waals surface area contributed by atoms with Gasteiger partial charge < -0.3 is 5.32 Å². The second-order valence-electron chi connectivity index (χ2n) is 5.81. The Morgan fingerprint density at radius 1 is 1.00 bits per heavy atom. The Morgan fingerprint density at radius 2 is 1.68 bits per heavy atom. The average Bonchev–Trinajstić information content (AvgIpc) is 2.61. The van der Waals surface area contributed by atoms with Crippen LogP contribution in [0.4, 0.5) is 5.69 Å². The van der Waals surface area contributed by atoms with Gasteiger partial charge >= 0.3 is 0 Å². The zero-order valence-electron chi connectivity index (χ0n) is 14.4. The van der Waals surface area contributed by atoms with Gasteiger partial charge in [-0.05, 0) is 42.7 Å². The van der Waals surface area contributed by atoms with Gasteiger partial charge in [0.15, 0.2) is 0 Å². The van der Waals surface area contributed by atoms with Crippen LogP contribution in [0.1, 0.15) is 31.7 Å². The Kier molecular flexibility index (Phi) is 7.16. The summed E-state index contributed by atoms with van der Waals surface area (Å²) in [4.78, 5) is 12.2. The van der Waals surface area contributed by atoms with Crippen LogP contribution in [-0.2, 0) is 21.2 Å². The van der Waals surface area contributed by atoms with Crippen LogP contribution in [0.3, 0.4) is 0 Å². The van der Waals surface area contributed by atoms with Gasteiger partial charge in [0, 0.05) is 18.7 Å². The molecule has 134 valence electrons. The Balaban J connectivity index is 1.88. The summed E-state index contributed by atoms with van der Waals surface area (Å²) in [6.07, 6.45) is 2.77.